The summed E-state index contributed by atoms with van der Waals surface area (Å²) in [4.78, 5) is 15.5. The molecule has 0 spiro atoms. The molecule has 1 unspecified atom stereocenters. The summed E-state index contributed by atoms with van der Waals surface area (Å²) >= 11 is 1.48. The molecule has 4 nitrogen and oxygen atoms in total. The van der Waals surface area contributed by atoms with Crippen molar-refractivity contribution in [1.29, 1.82) is 0 Å². The van der Waals surface area contributed by atoms with E-state index in [4.69, 9.17) is 4.74 Å². The predicted octanol–water partition coefficient (Wildman–Crippen LogP) is 2.64. The number of carboxylic acids is 1. The first-order valence-corrected chi connectivity index (χ1v) is 6.86. The third kappa shape index (κ3) is 3.79. The first kappa shape index (κ1) is 13.5. The van der Waals surface area contributed by atoms with Crippen molar-refractivity contribution < 1.29 is 14.6 Å². The van der Waals surface area contributed by atoms with Gasteiger partial charge < -0.3 is 9.84 Å². The Hall–Kier alpha value is -1.88. The van der Waals surface area contributed by atoms with Crippen LogP contribution >= 0.6 is 11.3 Å². The smallest absolute Gasteiger partial charge is 0.307 e. The molecule has 2 rings (SSSR count). The summed E-state index contributed by atoms with van der Waals surface area (Å²) in [5.41, 5.74) is 3.52. The Morgan fingerprint density at radius 2 is 2.32 bits per heavy atom. The SMILES string of the molecule is COc1cccc(CC(Cc2cscn2)C(=O)O)c1. The van der Waals surface area contributed by atoms with Crippen LogP contribution in [0.2, 0.25) is 0 Å². The molecule has 0 bridgehead atoms. The maximum atomic E-state index is 11.3. The number of hydrogen-bond acceptors (Lipinski definition) is 4. The number of thiazole rings is 1. The van der Waals surface area contributed by atoms with E-state index in [0.717, 1.165) is 17.0 Å². The third-order valence-corrected chi connectivity index (χ3v) is 3.54. The number of hydrogen-bond donors (Lipinski definition) is 1. The van der Waals surface area contributed by atoms with Crippen LogP contribution in [0.5, 0.6) is 5.75 Å². The van der Waals surface area contributed by atoms with Crippen molar-refractivity contribution in [2.45, 2.75) is 12.8 Å². The van der Waals surface area contributed by atoms with Crippen molar-refractivity contribution in [2.75, 3.05) is 7.11 Å². The molecule has 0 aliphatic carbocycles. The van der Waals surface area contributed by atoms with Crippen LogP contribution in [0.15, 0.2) is 35.2 Å². The number of rotatable bonds is 6. The highest BCUT2D eigenvalue weighted by atomic mass is 32.1. The summed E-state index contributed by atoms with van der Waals surface area (Å²) in [5.74, 6) is -0.514. The van der Waals surface area contributed by atoms with Gasteiger partial charge in [0, 0.05) is 11.8 Å². The van der Waals surface area contributed by atoms with Gasteiger partial charge in [-0.1, -0.05) is 12.1 Å². The van der Waals surface area contributed by atoms with Gasteiger partial charge in [0.05, 0.1) is 24.2 Å². The largest absolute Gasteiger partial charge is 0.497 e. The summed E-state index contributed by atoms with van der Waals surface area (Å²) in [5, 5.41) is 11.2. The highest BCUT2D eigenvalue weighted by molar-refractivity contribution is 7.07. The Bertz CT molecular complexity index is 539. The number of benzene rings is 1. The van der Waals surface area contributed by atoms with E-state index in [2.05, 4.69) is 4.98 Å². The average Bonchev–Trinajstić information content (AvgIpc) is 2.91. The molecule has 1 heterocycles. The zero-order valence-electron chi connectivity index (χ0n) is 10.6. The normalized spacial score (nSPS) is 12.1. The molecule has 1 aromatic heterocycles. The van der Waals surface area contributed by atoms with Crippen molar-refractivity contribution in [1.82, 2.24) is 4.98 Å². The highest BCUT2D eigenvalue weighted by Gasteiger charge is 2.19. The van der Waals surface area contributed by atoms with Gasteiger partial charge in [-0.2, -0.15) is 0 Å². The average molecular weight is 277 g/mol. The molecule has 0 radical (unpaired) electrons. The Morgan fingerprint density at radius 3 is 2.95 bits per heavy atom. The van der Waals surface area contributed by atoms with Crippen molar-refractivity contribution in [3.8, 4) is 5.75 Å². The molecule has 2 aromatic rings. The van der Waals surface area contributed by atoms with E-state index in [1.54, 1.807) is 12.6 Å². The van der Waals surface area contributed by atoms with Crippen LogP contribution < -0.4 is 4.74 Å². The molecular formula is C14H15NO3S. The lowest BCUT2D eigenvalue weighted by atomic mass is 9.95. The number of carbonyl (C=O) groups is 1. The predicted molar refractivity (Wildman–Crippen MR) is 73.6 cm³/mol. The molecular weight excluding hydrogens is 262 g/mol. The Labute approximate surface area is 115 Å². The molecule has 0 amide bonds. The molecule has 0 aliphatic heterocycles. The number of nitrogens with zero attached hydrogens (tertiary/aromatic N) is 1. The van der Waals surface area contributed by atoms with Gasteiger partial charge in [-0.25, -0.2) is 4.98 Å². The number of aromatic nitrogens is 1. The fourth-order valence-corrected chi connectivity index (χ4v) is 2.49. The van der Waals surface area contributed by atoms with E-state index in [9.17, 15) is 9.90 Å². The number of aliphatic carboxylic acids is 1. The zero-order chi connectivity index (χ0) is 13.7. The lowest BCUT2D eigenvalue weighted by Gasteiger charge is -2.11. The second-order valence-electron chi connectivity index (χ2n) is 4.27. The van der Waals surface area contributed by atoms with Crippen LogP contribution in [0, 0.1) is 5.92 Å². The van der Waals surface area contributed by atoms with E-state index < -0.39 is 11.9 Å². The molecule has 19 heavy (non-hydrogen) atoms. The van der Waals surface area contributed by atoms with E-state index >= 15 is 0 Å². The summed E-state index contributed by atoms with van der Waals surface area (Å²) in [7, 11) is 1.60. The van der Waals surface area contributed by atoms with Gasteiger partial charge in [0.25, 0.3) is 0 Å². The fourth-order valence-electron chi connectivity index (χ4n) is 1.92. The summed E-state index contributed by atoms with van der Waals surface area (Å²) < 4.78 is 5.14. The van der Waals surface area contributed by atoms with Crippen LogP contribution in [0.25, 0.3) is 0 Å². The van der Waals surface area contributed by atoms with E-state index in [1.807, 2.05) is 29.6 Å². The standard InChI is InChI=1S/C14H15NO3S/c1-18-13-4-2-3-10(6-13)5-11(14(16)17)7-12-8-19-9-15-12/h2-4,6,8-9,11H,5,7H2,1H3,(H,16,17). The molecule has 0 saturated carbocycles. The first-order chi connectivity index (χ1) is 9.19. The Kier molecular flexibility index (Phi) is 4.52. The maximum Gasteiger partial charge on any atom is 0.307 e. The first-order valence-electron chi connectivity index (χ1n) is 5.92. The number of methoxy groups -OCH3 is 1. The monoisotopic (exact) mass is 277 g/mol. The minimum Gasteiger partial charge on any atom is -0.497 e. The van der Waals surface area contributed by atoms with Gasteiger partial charge in [-0.3, -0.25) is 4.79 Å². The molecule has 1 N–H and O–H groups in total. The topological polar surface area (TPSA) is 59.4 Å². The summed E-state index contributed by atoms with van der Waals surface area (Å²) in [6.07, 6.45) is 0.931. The van der Waals surface area contributed by atoms with Crippen LogP contribution in [0.1, 0.15) is 11.3 Å². The lowest BCUT2D eigenvalue weighted by Crippen LogP contribution is -2.19. The molecule has 0 aliphatic rings. The van der Waals surface area contributed by atoms with Crippen molar-refractivity contribution >= 4 is 17.3 Å². The molecule has 100 valence electrons. The second kappa shape index (κ2) is 6.33. The van der Waals surface area contributed by atoms with Crippen LogP contribution in [0.3, 0.4) is 0 Å². The minimum atomic E-state index is -0.796. The minimum absolute atomic E-state index is 0.454. The quantitative estimate of drug-likeness (QED) is 0.881. The number of carboxylic acid groups (broad SMARTS) is 1. The van der Waals surface area contributed by atoms with Gasteiger partial charge in [-0.15, -0.1) is 11.3 Å². The van der Waals surface area contributed by atoms with Crippen LogP contribution in [-0.4, -0.2) is 23.2 Å². The van der Waals surface area contributed by atoms with Crippen molar-refractivity contribution in [3.63, 3.8) is 0 Å². The van der Waals surface area contributed by atoms with E-state index in [1.165, 1.54) is 11.3 Å². The van der Waals surface area contributed by atoms with Gasteiger partial charge in [0.1, 0.15) is 5.75 Å². The second-order valence-corrected chi connectivity index (χ2v) is 4.99. The van der Waals surface area contributed by atoms with Gasteiger partial charge in [-0.05, 0) is 24.1 Å². The molecule has 1 atom stereocenters. The zero-order valence-corrected chi connectivity index (χ0v) is 11.4. The fraction of sp³-hybridized carbons (Fsp3) is 0.286. The van der Waals surface area contributed by atoms with Crippen molar-refractivity contribution in [3.05, 3.63) is 46.4 Å². The van der Waals surface area contributed by atoms with E-state index in [-0.39, 0.29) is 0 Å². The lowest BCUT2D eigenvalue weighted by molar-refractivity contribution is -0.141. The van der Waals surface area contributed by atoms with Crippen molar-refractivity contribution in [2.24, 2.45) is 5.92 Å². The third-order valence-electron chi connectivity index (χ3n) is 2.90. The Balaban J connectivity index is 2.09. The van der Waals surface area contributed by atoms with Gasteiger partial charge in [0.15, 0.2) is 0 Å². The van der Waals surface area contributed by atoms with Gasteiger partial charge in [0.2, 0.25) is 0 Å². The molecule has 5 heteroatoms. The summed E-state index contributed by atoms with van der Waals surface area (Å²) in [6.45, 7) is 0. The Morgan fingerprint density at radius 1 is 1.47 bits per heavy atom. The molecule has 1 aromatic carbocycles. The van der Waals surface area contributed by atoms with Crippen LogP contribution in [-0.2, 0) is 17.6 Å². The van der Waals surface area contributed by atoms with Crippen LogP contribution in [0.4, 0.5) is 0 Å². The molecule has 0 saturated heterocycles. The summed E-state index contributed by atoms with van der Waals surface area (Å²) in [6, 6.07) is 7.51. The number of ether oxygens (including phenoxy) is 1. The highest BCUT2D eigenvalue weighted by Crippen LogP contribution is 2.19. The molecule has 0 fully saturated rings. The van der Waals surface area contributed by atoms with Gasteiger partial charge >= 0.3 is 5.97 Å². The maximum absolute atomic E-state index is 11.3. The van der Waals surface area contributed by atoms with E-state index in [0.29, 0.717) is 12.8 Å².